The molecule has 0 saturated carbocycles. The Balaban J connectivity index is 2.60. The predicted octanol–water partition coefficient (Wildman–Crippen LogP) is -1.16. The van der Waals surface area contributed by atoms with Crippen LogP contribution in [0.25, 0.3) is 0 Å². The summed E-state index contributed by atoms with van der Waals surface area (Å²) in [5, 5.41) is 46.6. The molecule has 124 valence electrons. The molecule has 0 bridgehead atoms. The van der Waals surface area contributed by atoms with Crippen LogP contribution in [0.15, 0.2) is 24.3 Å². The first-order valence-corrected chi connectivity index (χ1v) is 7.00. The van der Waals surface area contributed by atoms with E-state index in [0.29, 0.717) is 12.0 Å². The molecule has 0 fully saturated rings. The zero-order valence-electron chi connectivity index (χ0n) is 12.3. The molecule has 0 aliphatic rings. The van der Waals surface area contributed by atoms with E-state index in [-0.39, 0.29) is 0 Å². The normalized spacial score (nSPS) is 16.6. The maximum Gasteiger partial charge on any atom is 0.338 e. The lowest BCUT2D eigenvalue weighted by Crippen LogP contribution is -2.47. The number of hydrogen-bond acceptors (Lipinski definition) is 7. The fourth-order valence-corrected chi connectivity index (χ4v) is 1.93. The smallest absolute Gasteiger partial charge is 0.338 e. The van der Waals surface area contributed by atoms with Gasteiger partial charge in [-0.15, -0.1) is 0 Å². The Kier molecular flexibility index (Phi) is 7.43. The third-order valence-electron chi connectivity index (χ3n) is 3.33. The monoisotopic (exact) mass is 314 g/mol. The first-order valence-electron chi connectivity index (χ1n) is 7.00. The second-order valence-electron chi connectivity index (χ2n) is 4.91. The van der Waals surface area contributed by atoms with Crippen LogP contribution in [-0.2, 0) is 11.2 Å². The maximum absolute atomic E-state index is 11.9. The maximum atomic E-state index is 11.9. The van der Waals surface area contributed by atoms with E-state index in [0.717, 1.165) is 5.56 Å². The van der Waals surface area contributed by atoms with E-state index in [1.54, 1.807) is 24.3 Å². The molecular formula is C15H22O7. The summed E-state index contributed by atoms with van der Waals surface area (Å²) in [6.45, 7) is 0.569. The fourth-order valence-electron chi connectivity index (χ4n) is 1.93. The number of benzene rings is 1. The molecule has 1 aromatic rings. The molecule has 1 rings (SSSR count). The average molecular weight is 314 g/mol. The van der Waals surface area contributed by atoms with Crippen LogP contribution in [0, 0.1) is 0 Å². The molecule has 7 nitrogen and oxygen atoms in total. The first-order chi connectivity index (χ1) is 10.4. The highest BCUT2D eigenvalue weighted by Gasteiger charge is 2.30. The van der Waals surface area contributed by atoms with Crippen molar-refractivity contribution in [2.45, 2.75) is 37.8 Å². The number of aliphatic hydroxyl groups is 5. The van der Waals surface area contributed by atoms with E-state index in [4.69, 9.17) is 9.84 Å². The molecule has 7 heteroatoms. The molecule has 0 heterocycles. The van der Waals surface area contributed by atoms with Crippen molar-refractivity contribution in [2.75, 3.05) is 13.2 Å². The molecule has 0 amide bonds. The van der Waals surface area contributed by atoms with Gasteiger partial charge < -0.3 is 30.3 Å². The molecule has 0 aliphatic heterocycles. The van der Waals surface area contributed by atoms with Gasteiger partial charge >= 0.3 is 5.97 Å². The average Bonchev–Trinajstić information content (AvgIpc) is 2.56. The summed E-state index contributed by atoms with van der Waals surface area (Å²) in [5.41, 5.74) is 1.15. The van der Waals surface area contributed by atoms with Crippen LogP contribution in [0.3, 0.4) is 0 Å². The van der Waals surface area contributed by atoms with Crippen molar-refractivity contribution >= 4 is 5.97 Å². The van der Waals surface area contributed by atoms with Crippen LogP contribution in [-0.4, -0.2) is 69.1 Å². The summed E-state index contributed by atoms with van der Waals surface area (Å²) < 4.78 is 4.91. The summed E-state index contributed by atoms with van der Waals surface area (Å²) in [6, 6.07) is 6.85. The molecule has 0 spiro atoms. The molecule has 0 saturated heterocycles. The molecule has 0 radical (unpaired) electrons. The van der Waals surface area contributed by atoms with Crippen molar-refractivity contribution in [2.24, 2.45) is 0 Å². The number of hydrogen-bond donors (Lipinski definition) is 5. The highest BCUT2D eigenvalue weighted by atomic mass is 16.5. The molecule has 0 aromatic heterocycles. The number of carbonyl (C=O) groups excluding carboxylic acids is 1. The number of carbonyl (C=O) groups is 1. The number of ether oxygens (including phenoxy) is 1. The van der Waals surface area contributed by atoms with E-state index in [2.05, 4.69) is 0 Å². The van der Waals surface area contributed by atoms with Gasteiger partial charge in [0.2, 0.25) is 0 Å². The topological polar surface area (TPSA) is 127 Å². The van der Waals surface area contributed by atoms with Gasteiger partial charge in [0, 0.05) is 0 Å². The van der Waals surface area contributed by atoms with Crippen molar-refractivity contribution in [3.8, 4) is 0 Å². The van der Waals surface area contributed by atoms with Gasteiger partial charge in [-0.05, 0) is 18.1 Å². The van der Waals surface area contributed by atoms with Crippen LogP contribution >= 0.6 is 0 Å². The second-order valence-corrected chi connectivity index (χ2v) is 4.91. The van der Waals surface area contributed by atoms with Gasteiger partial charge in [0.25, 0.3) is 0 Å². The molecule has 0 unspecified atom stereocenters. The van der Waals surface area contributed by atoms with Crippen LogP contribution in [0.2, 0.25) is 0 Å². The van der Waals surface area contributed by atoms with Crippen LogP contribution in [0.1, 0.15) is 22.8 Å². The van der Waals surface area contributed by atoms with Crippen LogP contribution < -0.4 is 0 Å². The molecule has 22 heavy (non-hydrogen) atoms. The molecule has 0 aliphatic carbocycles. The van der Waals surface area contributed by atoms with Gasteiger partial charge in [0.1, 0.15) is 31.0 Å². The minimum atomic E-state index is -1.75. The minimum Gasteiger partial charge on any atom is -0.459 e. The van der Waals surface area contributed by atoms with Crippen molar-refractivity contribution in [3.63, 3.8) is 0 Å². The zero-order chi connectivity index (χ0) is 16.7. The molecular weight excluding hydrogens is 292 g/mol. The van der Waals surface area contributed by atoms with E-state index < -0.39 is 43.6 Å². The standard InChI is InChI=1S/C15H22O7/c1-2-9-5-3-4-6-10(9)15(21)22-8-12(18)14(20)13(19)11(17)7-16/h3-6,11-14,16-20H,2,7-8H2,1H3/t11-,12+,13+,14+/m0/s1. The Morgan fingerprint density at radius 2 is 1.68 bits per heavy atom. The fraction of sp³-hybridized carbons (Fsp3) is 0.533. The Labute approximate surface area is 128 Å². The van der Waals surface area contributed by atoms with Gasteiger partial charge in [-0.2, -0.15) is 0 Å². The number of aryl methyl sites for hydroxylation is 1. The lowest BCUT2D eigenvalue weighted by Gasteiger charge is -2.25. The summed E-state index contributed by atoms with van der Waals surface area (Å²) in [5.74, 6) is -0.652. The van der Waals surface area contributed by atoms with Gasteiger partial charge in [-0.25, -0.2) is 4.79 Å². The summed E-state index contributed by atoms with van der Waals surface area (Å²) >= 11 is 0. The van der Waals surface area contributed by atoms with Crippen molar-refractivity contribution in [1.82, 2.24) is 0 Å². The quantitative estimate of drug-likeness (QED) is 0.383. The molecule has 4 atom stereocenters. The van der Waals surface area contributed by atoms with Gasteiger partial charge in [0.05, 0.1) is 12.2 Å². The number of esters is 1. The zero-order valence-corrected chi connectivity index (χ0v) is 12.3. The van der Waals surface area contributed by atoms with Gasteiger partial charge in [0.15, 0.2) is 0 Å². The number of rotatable bonds is 8. The van der Waals surface area contributed by atoms with Crippen molar-refractivity contribution in [1.29, 1.82) is 0 Å². The van der Waals surface area contributed by atoms with Crippen LogP contribution in [0.5, 0.6) is 0 Å². The van der Waals surface area contributed by atoms with E-state index in [9.17, 15) is 25.2 Å². The molecule has 1 aromatic carbocycles. The number of aliphatic hydroxyl groups excluding tert-OH is 5. The SMILES string of the molecule is CCc1ccccc1C(=O)OC[C@@H](O)[C@@H](O)[C@H](O)[C@@H](O)CO. The Bertz CT molecular complexity index is 477. The van der Waals surface area contributed by atoms with Crippen molar-refractivity contribution in [3.05, 3.63) is 35.4 Å². The lowest BCUT2D eigenvalue weighted by molar-refractivity contribution is -0.124. The summed E-state index contributed by atoms with van der Waals surface area (Å²) in [6.07, 6.45) is -6.05. The lowest BCUT2D eigenvalue weighted by atomic mass is 10.0. The van der Waals surface area contributed by atoms with E-state index in [1.807, 2.05) is 6.92 Å². The Morgan fingerprint density at radius 3 is 2.27 bits per heavy atom. The first kappa shape index (κ1) is 18.5. The molecule has 5 N–H and O–H groups in total. The van der Waals surface area contributed by atoms with Gasteiger partial charge in [-0.3, -0.25) is 0 Å². The van der Waals surface area contributed by atoms with Crippen LogP contribution in [0.4, 0.5) is 0 Å². The highest BCUT2D eigenvalue weighted by Crippen LogP contribution is 2.12. The Hall–Kier alpha value is -1.51. The minimum absolute atomic E-state index is 0.364. The van der Waals surface area contributed by atoms with E-state index >= 15 is 0 Å². The second kappa shape index (κ2) is 8.82. The summed E-state index contributed by atoms with van der Waals surface area (Å²) in [7, 11) is 0. The highest BCUT2D eigenvalue weighted by molar-refractivity contribution is 5.91. The van der Waals surface area contributed by atoms with Crippen molar-refractivity contribution < 1.29 is 35.1 Å². The largest absolute Gasteiger partial charge is 0.459 e. The third-order valence-corrected chi connectivity index (χ3v) is 3.33. The summed E-state index contributed by atoms with van der Waals surface area (Å²) in [4.78, 5) is 11.9. The van der Waals surface area contributed by atoms with E-state index in [1.165, 1.54) is 0 Å². The Morgan fingerprint density at radius 1 is 1.09 bits per heavy atom. The van der Waals surface area contributed by atoms with Gasteiger partial charge in [-0.1, -0.05) is 25.1 Å². The predicted molar refractivity (Wildman–Crippen MR) is 77.2 cm³/mol. The third kappa shape index (κ3) is 4.75.